The third-order valence-corrected chi connectivity index (χ3v) is 5.29. The fourth-order valence-corrected chi connectivity index (χ4v) is 4.11. The van der Waals surface area contributed by atoms with Gasteiger partial charge in [0.25, 0.3) is 12.8 Å². The molecule has 3 rings (SSSR count). The van der Waals surface area contributed by atoms with Gasteiger partial charge in [-0.15, -0.1) is 0 Å². The molecule has 0 unspecified atom stereocenters. The highest BCUT2D eigenvalue weighted by Crippen LogP contribution is 2.39. The molecule has 2 atom stereocenters. The van der Waals surface area contributed by atoms with Crippen LogP contribution >= 0.6 is 0 Å². The van der Waals surface area contributed by atoms with Crippen LogP contribution in [0.5, 0.6) is 0 Å². The first-order valence-corrected chi connectivity index (χ1v) is 9.63. The minimum absolute atomic E-state index is 0.125. The molecule has 1 aromatic carbocycles. The van der Waals surface area contributed by atoms with Crippen LogP contribution in [0.2, 0.25) is 12.6 Å². The quantitative estimate of drug-likeness (QED) is 0.631. The maximum atomic E-state index is 13.5. The van der Waals surface area contributed by atoms with E-state index in [1.165, 1.54) is 4.81 Å². The molecule has 0 bridgehead atoms. The van der Waals surface area contributed by atoms with Crippen LogP contribution in [0.1, 0.15) is 39.2 Å². The lowest BCUT2D eigenvalue weighted by molar-refractivity contribution is -0.160. The molecular formula is C20H26BNO6. The number of aliphatic carboxylic acids is 1. The average Bonchev–Trinajstić information content (AvgIpc) is 3.02. The van der Waals surface area contributed by atoms with Crippen molar-refractivity contribution < 1.29 is 29.0 Å². The van der Waals surface area contributed by atoms with Crippen molar-refractivity contribution in [2.75, 3.05) is 0 Å². The van der Waals surface area contributed by atoms with Crippen LogP contribution < -0.4 is 0 Å². The molecule has 8 heteroatoms. The maximum absolute atomic E-state index is 13.5. The predicted molar refractivity (Wildman–Crippen MR) is 103 cm³/mol. The standard InChI is InChI=1S/C20H26BNO6/c1-19(2,3)27-18(26)28-20(13-14-7-5-4-6-8-14)10-12-21-11-9-15(16(23)24)22(21)17(20)25/h4-8,15H,9-13H2,1-3H3,(H,23,24)/t15-,20+/m0/s1. The second kappa shape index (κ2) is 7.49. The molecular weight excluding hydrogens is 361 g/mol. The Morgan fingerprint density at radius 2 is 1.93 bits per heavy atom. The summed E-state index contributed by atoms with van der Waals surface area (Å²) in [6.07, 6.45) is 1.26. The molecule has 1 N–H and O–H groups in total. The van der Waals surface area contributed by atoms with E-state index in [9.17, 15) is 19.5 Å². The van der Waals surface area contributed by atoms with Gasteiger partial charge in [0.05, 0.1) is 0 Å². The van der Waals surface area contributed by atoms with Gasteiger partial charge in [0, 0.05) is 6.42 Å². The van der Waals surface area contributed by atoms with Crippen LogP contribution in [0, 0.1) is 0 Å². The highest BCUT2D eigenvalue weighted by molar-refractivity contribution is 6.61. The van der Waals surface area contributed by atoms with Crippen molar-refractivity contribution in [1.82, 2.24) is 4.81 Å². The molecule has 0 aromatic heterocycles. The maximum Gasteiger partial charge on any atom is 0.509 e. The van der Waals surface area contributed by atoms with E-state index in [1.54, 1.807) is 20.8 Å². The number of carboxylic acid groups (broad SMARTS) is 1. The number of hydrogen-bond donors (Lipinski definition) is 1. The second-order valence-corrected chi connectivity index (χ2v) is 8.56. The van der Waals surface area contributed by atoms with Gasteiger partial charge in [-0.25, -0.2) is 4.79 Å². The lowest BCUT2D eigenvalue weighted by Crippen LogP contribution is -2.62. The van der Waals surface area contributed by atoms with Crippen molar-refractivity contribution in [3.05, 3.63) is 35.9 Å². The number of hydrogen-bond acceptors (Lipinski definition) is 5. The van der Waals surface area contributed by atoms with Gasteiger partial charge in [-0.2, -0.15) is 0 Å². The molecule has 2 aliphatic rings. The Labute approximate surface area is 165 Å². The van der Waals surface area contributed by atoms with Crippen molar-refractivity contribution in [1.29, 1.82) is 0 Å². The van der Waals surface area contributed by atoms with Gasteiger partial charge in [0.15, 0.2) is 5.60 Å². The summed E-state index contributed by atoms with van der Waals surface area (Å²) >= 11 is 0. The van der Waals surface area contributed by atoms with Crippen LogP contribution in [0.4, 0.5) is 4.79 Å². The molecule has 0 saturated carbocycles. The fraction of sp³-hybridized carbons (Fsp3) is 0.550. The van der Waals surface area contributed by atoms with Gasteiger partial charge in [0.2, 0.25) is 0 Å². The molecule has 2 aliphatic heterocycles. The third-order valence-electron chi connectivity index (χ3n) is 5.29. The molecule has 1 aromatic rings. The number of carboxylic acids is 1. The number of benzene rings is 1. The van der Waals surface area contributed by atoms with Crippen molar-refractivity contribution in [3.63, 3.8) is 0 Å². The SMILES string of the molecule is CC(C)(C)OC(=O)O[C@@]1(Cc2ccccc2)CCB2CC[C@@H](C(=O)O)N2C1=O. The molecule has 1 amide bonds. The minimum atomic E-state index is -1.46. The summed E-state index contributed by atoms with van der Waals surface area (Å²) in [7, 11) is 0. The Morgan fingerprint density at radius 3 is 2.54 bits per heavy atom. The monoisotopic (exact) mass is 387 g/mol. The molecule has 2 heterocycles. The molecule has 28 heavy (non-hydrogen) atoms. The second-order valence-electron chi connectivity index (χ2n) is 8.56. The highest BCUT2D eigenvalue weighted by Gasteiger charge is 2.57. The zero-order valence-electron chi connectivity index (χ0n) is 16.5. The lowest BCUT2D eigenvalue weighted by Gasteiger charge is -2.43. The van der Waals surface area contributed by atoms with E-state index < -0.39 is 35.3 Å². The van der Waals surface area contributed by atoms with Crippen LogP contribution in [0.25, 0.3) is 0 Å². The summed E-state index contributed by atoms with van der Waals surface area (Å²) in [5.41, 5.74) is -1.38. The Kier molecular flexibility index (Phi) is 5.41. The number of carbonyl (C=O) groups is 3. The Bertz CT molecular complexity index is 762. The number of carbonyl (C=O) groups excluding carboxylic acids is 2. The largest absolute Gasteiger partial charge is 0.509 e. The average molecular weight is 387 g/mol. The normalized spacial score (nSPS) is 24.7. The molecule has 150 valence electrons. The van der Waals surface area contributed by atoms with Gasteiger partial charge in [0.1, 0.15) is 11.6 Å². The van der Waals surface area contributed by atoms with E-state index in [-0.39, 0.29) is 13.3 Å². The smallest absolute Gasteiger partial charge is 0.480 e. The number of amides is 1. The van der Waals surface area contributed by atoms with Crippen molar-refractivity contribution in [2.24, 2.45) is 0 Å². The van der Waals surface area contributed by atoms with Gasteiger partial charge in [-0.05, 0) is 45.5 Å². The third kappa shape index (κ3) is 4.15. The molecule has 0 spiro atoms. The van der Waals surface area contributed by atoms with E-state index in [4.69, 9.17) is 9.47 Å². The predicted octanol–water partition coefficient (Wildman–Crippen LogP) is 3.00. The molecule has 2 saturated heterocycles. The topological polar surface area (TPSA) is 93.1 Å². The van der Waals surface area contributed by atoms with Gasteiger partial charge >= 0.3 is 12.1 Å². The number of rotatable bonds is 4. The van der Waals surface area contributed by atoms with E-state index >= 15 is 0 Å². The molecule has 0 aliphatic carbocycles. The van der Waals surface area contributed by atoms with Gasteiger partial charge < -0.3 is 19.4 Å². The highest BCUT2D eigenvalue weighted by atomic mass is 16.7. The number of ether oxygens (including phenoxy) is 2. The summed E-state index contributed by atoms with van der Waals surface area (Å²) in [4.78, 5) is 39.0. The summed E-state index contributed by atoms with van der Waals surface area (Å²) in [5.74, 6) is -1.47. The fourth-order valence-electron chi connectivity index (χ4n) is 4.11. The summed E-state index contributed by atoms with van der Waals surface area (Å²) in [6, 6.07) is 8.40. The van der Waals surface area contributed by atoms with Gasteiger partial charge in [-0.1, -0.05) is 36.7 Å². The van der Waals surface area contributed by atoms with Gasteiger partial charge in [-0.3, -0.25) is 9.59 Å². The molecule has 2 fully saturated rings. The zero-order chi connectivity index (χ0) is 20.5. The first-order valence-electron chi connectivity index (χ1n) is 9.63. The number of nitrogens with zero attached hydrogens (tertiary/aromatic N) is 1. The first kappa shape index (κ1) is 20.2. The summed E-state index contributed by atoms with van der Waals surface area (Å²) in [5, 5.41) is 9.54. The van der Waals surface area contributed by atoms with Crippen molar-refractivity contribution >= 4 is 24.9 Å². The molecule has 0 radical (unpaired) electrons. The van der Waals surface area contributed by atoms with E-state index in [2.05, 4.69) is 0 Å². The minimum Gasteiger partial charge on any atom is -0.480 e. The van der Waals surface area contributed by atoms with Crippen LogP contribution in [0.3, 0.4) is 0 Å². The van der Waals surface area contributed by atoms with Crippen molar-refractivity contribution in [2.45, 2.75) is 69.9 Å². The summed E-state index contributed by atoms with van der Waals surface area (Å²) in [6.45, 7) is 5.03. The van der Waals surface area contributed by atoms with Crippen LogP contribution in [-0.4, -0.2) is 52.0 Å². The van der Waals surface area contributed by atoms with E-state index in [0.29, 0.717) is 25.5 Å². The Balaban J connectivity index is 1.92. The Hall–Kier alpha value is -2.51. The summed E-state index contributed by atoms with van der Waals surface area (Å²) < 4.78 is 11.0. The first-order chi connectivity index (χ1) is 13.1. The van der Waals surface area contributed by atoms with Crippen LogP contribution in [0.15, 0.2) is 30.3 Å². The Morgan fingerprint density at radius 1 is 1.25 bits per heavy atom. The lowest BCUT2D eigenvalue weighted by atomic mass is 9.51. The van der Waals surface area contributed by atoms with Crippen molar-refractivity contribution in [3.8, 4) is 0 Å². The number of fused-ring (bicyclic) bond motifs is 1. The van der Waals surface area contributed by atoms with E-state index in [0.717, 1.165) is 5.56 Å². The van der Waals surface area contributed by atoms with Crippen LogP contribution in [-0.2, 0) is 25.5 Å². The molecule has 7 nitrogen and oxygen atoms in total. The zero-order valence-corrected chi connectivity index (χ0v) is 16.5. The van der Waals surface area contributed by atoms with E-state index in [1.807, 2.05) is 30.3 Å².